The van der Waals surface area contributed by atoms with Crippen LogP contribution in [0.1, 0.15) is 56.8 Å². The van der Waals surface area contributed by atoms with Crippen LogP contribution in [0.3, 0.4) is 0 Å². The third-order valence-corrected chi connectivity index (χ3v) is 9.37. The van der Waals surface area contributed by atoms with Crippen LogP contribution in [-0.4, -0.2) is 84.7 Å². The lowest BCUT2D eigenvalue weighted by atomic mass is 9.86. The molecule has 224 valence electrons. The molecule has 1 aliphatic heterocycles. The van der Waals surface area contributed by atoms with Gasteiger partial charge in [0.05, 0.1) is 18.0 Å². The molecule has 2 aliphatic carbocycles. The van der Waals surface area contributed by atoms with Gasteiger partial charge in [0.25, 0.3) is 5.91 Å². The molecule has 0 spiro atoms. The predicted molar refractivity (Wildman–Crippen MR) is 155 cm³/mol. The summed E-state index contributed by atoms with van der Waals surface area (Å²) in [5.74, 6) is 2.06. The van der Waals surface area contributed by atoms with Crippen molar-refractivity contribution >= 4 is 21.7 Å². The first-order chi connectivity index (χ1) is 19.5. The second-order valence-corrected chi connectivity index (χ2v) is 13.8. The number of likely N-dealkylation sites (tertiary alicyclic amines) is 1. The first-order valence-corrected chi connectivity index (χ1v) is 16.5. The second kappa shape index (κ2) is 12.2. The molecule has 3 aliphatic rings. The van der Waals surface area contributed by atoms with Gasteiger partial charge in [0, 0.05) is 44.3 Å². The number of carbonyl (C=O) groups is 1. The van der Waals surface area contributed by atoms with Gasteiger partial charge < -0.3 is 19.9 Å². The Morgan fingerprint density at radius 1 is 1.17 bits per heavy atom. The summed E-state index contributed by atoms with van der Waals surface area (Å²) in [6.07, 6.45) is 8.14. The first kappa shape index (κ1) is 29.7. The van der Waals surface area contributed by atoms with Gasteiger partial charge in [0.15, 0.2) is 11.6 Å². The maximum atomic E-state index is 14.2. The number of hydrogen-bond donors (Lipinski definition) is 2. The summed E-state index contributed by atoms with van der Waals surface area (Å²) in [7, 11) is -3.15. The molecule has 1 aromatic carbocycles. The Kier molecular flexibility index (Phi) is 8.81. The van der Waals surface area contributed by atoms with Crippen molar-refractivity contribution in [2.75, 3.05) is 37.8 Å². The molecule has 3 atom stereocenters. The van der Waals surface area contributed by atoms with Crippen LogP contribution in [0.25, 0.3) is 0 Å². The van der Waals surface area contributed by atoms with Crippen LogP contribution in [0.15, 0.2) is 30.7 Å². The first-order valence-electron chi connectivity index (χ1n) is 14.6. The Balaban J connectivity index is 1.17. The molecule has 3 fully saturated rings. The van der Waals surface area contributed by atoms with Crippen LogP contribution in [0.4, 0.5) is 10.2 Å². The van der Waals surface area contributed by atoms with Gasteiger partial charge in [-0.15, -0.1) is 0 Å². The van der Waals surface area contributed by atoms with Crippen molar-refractivity contribution in [2.24, 2.45) is 17.8 Å². The highest BCUT2D eigenvalue weighted by Crippen LogP contribution is 2.48. The molecule has 10 nitrogen and oxygen atoms in total. The minimum absolute atomic E-state index is 0.0401. The molecule has 41 heavy (non-hydrogen) atoms. The van der Waals surface area contributed by atoms with E-state index in [0.717, 1.165) is 45.3 Å². The molecular formula is C29H41FN6O4S. The number of hydrogen-bond acceptors (Lipinski definition) is 8. The van der Waals surface area contributed by atoms with Gasteiger partial charge in [-0.25, -0.2) is 27.5 Å². The number of carbonyl (C=O) groups excluding carboxylic acids is 1. The van der Waals surface area contributed by atoms with Crippen LogP contribution in [0.5, 0.6) is 11.5 Å². The fraction of sp³-hybridized carbons (Fsp3) is 0.621. The van der Waals surface area contributed by atoms with E-state index >= 15 is 0 Å². The summed E-state index contributed by atoms with van der Waals surface area (Å²) >= 11 is 0. The lowest BCUT2D eigenvalue weighted by molar-refractivity contribution is 0.0713. The standard InChI is InChI=1S/C29H41FN6O4S/c1-5-36(18(2)3)29(37)22-12-20(30)8-11-25(22)40-26-13-31-17-32-28(26)33-27-23-15-35(16-24(23)27)14-19-6-9-21(10-7-19)34-41(4,38)39/h8,11-13,17-19,21,23-24,27,34H,5-7,9-10,14-16H2,1-4H3,(H,31,32,33)/t19?,21?,23-,24+,27?. The molecule has 2 heterocycles. The number of amides is 1. The number of nitrogens with zero attached hydrogens (tertiary/aromatic N) is 4. The molecule has 0 radical (unpaired) electrons. The van der Waals surface area contributed by atoms with E-state index in [1.54, 1.807) is 11.1 Å². The van der Waals surface area contributed by atoms with Crippen molar-refractivity contribution < 1.29 is 22.3 Å². The summed E-state index contributed by atoms with van der Waals surface area (Å²) in [5, 5.41) is 3.53. The summed E-state index contributed by atoms with van der Waals surface area (Å²) in [6.45, 7) is 9.32. The largest absolute Gasteiger partial charge is 0.451 e. The van der Waals surface area contributed by atoms with Gasteiger partial charge >= 0.3 is 0 Å². The molecule has 0 bridgehead atoms. The Morgan fingerprint density at radius 2 is 1.88 bits per heavy atom. The highest BCUT2D eigenvalue weighted by molar-refractivity contribution is 7.88. The van der Waals surface area contributed by atoms with Gasteiger partial charge in [0.1, 0.15) is 17.9 Å². The number of piperidine rings is 1. The predicted octanol–water partition coefficient (Wildman–Crippen LogP) is 3.73. The third-order valence-electron chi connectivity index (χ3n) is 8.61. The number of anilines is 1. The molecule has 12 heteroatoms. The molecule has 2 aromatic rings. The van der Waals surface area contributed by atoms with Gasteiger partial charge in [-0.1, -0.05) is 0 Å². The summed E-state index contributed by atoms with van der Waals surface area (Å²) in [5.41, 5.74) is 0.162. The Bertz CT molecular complexity index is 1340. The van der Waals surface area contributed by atoms with Gasteiger partial charge in [-0.3, -0.25) is 4.79 Å². The highest BCUT2D eigenvalue weighted by Gasteiger charge is 2.56. The average Bonchev–Trinajstić information content (AvgIpc) is 3.34. The quantitative estimate of drug-likeness (QED) is 0.408. The molecule has 2 saturated carbocycles. The molecule has 1 saturated heterocycles. The van der Waals surface area contributed by atoms with Crippen molar-refractivity contribution in [2.45, 2.75) is 64.6 Å². The van der Waals surface area contributed by atoms with E-state index in [1.807, 2.05) is 20.8 Å². The number of sulfonamides is 1. The van der Waals surface area contributed by atoms with Crippen molar-refractivity contribution in [3.8, 4) is 11.5 Å². The SMILES string of the molecule is CCN(C(=O)c1cc(F)ccc1Oc1cncnc1NC1[C@H]2CN(CC3CCC(NS(C)(=O)=O)CC3)C[C@@H]12)C(C)C. The zero-order valence-electron chi connectivity index (χ0n) is 24.2. The maximum absolute atomic E-state index is 14.2. The number of halogens is 1. The molecule has 5 rings (SSSR count). The van der Waals surface area contributed by atoms with Crippen molar-refractivity contribution in [1.29, 1.82) is 0 Å². The van der Waals surface area contributed by atoms with E-state index in [-0.39, 0.29) is 35.3 Å². The number of fused-ring (bicyclic) bond motifs is 1. The minimum atomic E-state index is -3.15. The number of benzene rings is 1. The summed E-state index contributed by atoms with van der Waals surface area (Å²) < 4.78 is 46.1. The normalized spacial score (nSPS) is 26.0. The van der Waals surface area contributed by atoms with Crippen LogP contribution < -0.4 is 14.8 Å². The lowest BCUT2D eigenvalue weighted by Crippen LogP contribution is -2.39. The number of rotatable bonds is 11. The maximum Gasteiger partial charge on any atom is 0.257 e. The van der Waals surface area contributed by atoms with Crippen LogP contribution in [0.2, 0.25) is 0 Å². The summed E-state index contributed by atoms with van der Waals surface area (Å²) in [4.78, 5) is 26.0. The fourth-order valence-electron chi connectivity index (χ4n) is 6.54. The van der Waals surface area contributed by atoms with Crippen molar-refractivity contribution in [3.05, 3.63) is 42.1 Å². The molecule has 2 N–H and O–H groups in total. The number of nitrogens with one attached hydrogen (secondary N) is 2. The highest BCUT2D eigenvalue weighted by atomic mass is 32.2. The smallest absolute Gasteiger partial charge is 0.257 e. The molecular weight excluding hydrogens is 547 g/mol. The number of aromatic nitrogens is 2. The van der Waals surface area contributed by atoms with E-state index in [9.17, 15) is 17.6 Å². The lowest BCUT2D eigenvalue weighted by Gasteiger charge is -2.32. The second-order valence-electron chi connectivity index (χ2n) is 12.0. The van der Waals surface area contributed by atoms with Gasteiger partial charge in [0.2, 0.25) is 10.0 Å². The Labute approximate surface area is 242 Å². The van der Waals surface area contributed by atoms with E-state index in [2.05, 4.69) is 24.9 Å². The van der Waals surface area contributed by atoms with Crippen LogP contribution in [0, 0.1) is 23.6 Å². The van der Waals surface area contributed by atoms with E-state index in [0.29, 0.717) is 35.9 Å². The third kappa shape index (κ3) is 7.15. The number of ether oxygens (including phenoxy) is 1. The van der Waals surface area contributed by atoms with E-state index in [4.69, 9.17) is 4.74 Å². The van der Waals surface area contributed by atoms with Gasteiger partial charge in [-0.05, 0) is 82.4 Å². The average molecular weight is 589 g/mol. The molecule has 1 aromatic heterocycles. The molecule has 1 unspecified atom stereocenters. The van der Waals surface area contributed by atoms with Crippen LogP contribution >= 0.6 is 0 Å². The van der Waals surface area contributed by atoms with E-state index in [1.165, 1.54) is 30.8 Å². The Hall–Kier alpha value is -2.83. The monoisotopic (exact) mass is 588 g/mol. The topological polar surface area (TPSA) is 117 Å². The van der Waals surface area contributed by atoms with Crippen LogP contribution in [-0.2, 0) is 10.0 Å². The van der Waals surface area contributed by atoms with Crippen molar-refractivity contribution in [3.63, 3.8) is 0 Å². The zero-order valence-corrected chi connectivity index (χ0v) is 25.0. The molecule has 1 amide bonds. The van der Waals surface area contributed by atoms with Crippen molar-refractivity contribution in [1.82, 2.24) is 24.5 Å². The minimum Gasteiger partial charge on any atom is -0.451 e. The fourth-order valence-corrected chi connectivity index (χ4v) is 7.38. The Morgan fingerprint density at radius 3 is 2.51 bits per heavy atom. The van der Waals surface area contributed by atoms with E-state index < -0.39 is 15.8 Å². The van der Waals surface area contributed by atoms with Gasteiger partial charge in [-0.2, -0.15) is 0 Å². The summed E-state index contributed by atoms with van der Waals surface area (Å²) in [6, 6.07) is 4.28. The zero-order chi connectivity index (χ0) is 29.3.